The second-order valence-corrected chi connectivity index (χ2v) is 6.78. The van der Waals surface area contributed by atoms with E-state index in [-0.39, 0.29) is 0 Å². The summed E-state index contributed by atoms with van der Waals surface area (Å²) >= 11 is 1.99. The van der Waals surface area contributed by atoms with Crippen molar-refractivity contribution in [1.82, 2.24) is 25.5 Å². The van der Waals surface area contributed by atoms with E-state index in [9.17, 15) is 0 Å². The second-order valence-electron chi connectivity index (χ2n) is 5.50. The predicted molar refractivity (Wildman–Crippen MR) is 72.4 cm³/mol. The standard InChI is InChI=1S/C12H21N5S/c1-18-12(6-2-3-7-12)9-17-11(14-15-16-17)8-13-10-4-5-10/h10,13H,2-9H2,1H3. The van der Waals surface area contributed by atoms with E-state index in [4.69, 9.17) is 0 Å². The molecule has 2 aliphatic rings. The van der Waals surface area contributed by atoms with Gasteiger partial charge in [0.2, 0.25) is 0 Å². The van der Waals surface area contributed by atoms with E-state index in [0.29, 0.717) is 10.8 Å². The first kappa shape index (κ1) is 12.4. The van der Waals surface area contributed by atoms with Gasteiger partial charge in [0.1, 0.15) is 0 Å². The van der Waals surface area contributed by atoms with E-state index >= 15 is 0 Å². The van der Waals surface area contributed by atoms with E-state index in [1.807, 2.05) is 16.4 Å². The molecular weight excluding hydrogens is 246 g/mol. The minimum absolute atomic E-state index is 0.365. The number of hydrogen-bond donors (Lipinski definition) is 1. The van der Waals surface area contributed by atoms with Crippen molar-refractivity contribution >= 4 is 11.8 Å². The molecule has 5 nitrogen and oxygen atoms in total. The number of aromatic nitrogens is 4. The van der Waals surface area contributed by atoms with E-state index in [1.165, 1.54) is 38.5 Å². The van der Waals surface area contributed by atoms with Crippen molar-refractivity contribution in [3.63, 3.8) is 0 Å². The molecule has 0 radical (unpaired) electrons. The molecule has 0 amide bonds. The fourth-order valence-electron chi connectivity index (χ4n) is 2.71. The highest BCUT2D eigenvalue weighted by Gasteiger charge is 2.34. The van der Waals surface area contributed by atoms with Crippen LogP contribution in [0.2, 0.25) is 0 Å². The Hall–Kier alpha value is -0.620. The molecule has 3 rings (SSSR count). The molecule has 1 N–H and O–H groups in total. The summed E-state index contributed by atoms with van der Waals surface area (Å²) in [6, 6.07) is 0.705. The van der Waals surface area contributed by atoms with Gasteiger partial charge in [-0.15, -0.1) is 5.10 Å². The molecule has 0 aromatic carbocycles. The van der Waals surface area contributed by atoms with Crippen molar-refractivity contribution < 1.29 is 0 Å². The predicted octanol–water partition coefficient (Wildman–Crippen LogP) is 1.60. The topological polar surface area (TPSA) is 55.6 Å². The minimum atomic E-state index is 0.365. The van der Waals surface area contributed by atoms with E-state index in [1.54, 1.807) is 0 Å². The Morgan fingerprint density at radius 2 is 2.17 bits per heavy atom. The third-order valence-corrected chi connectivity index (χ3v) is 5.52. The van der Waals surface area contributed by atoms with Crippen LogP contribution < -0.4 is 5.32 Å². The van der Waals surface area contributed by atoms with Crippen LogP contribution >= 0.6 is 11.8 Å². The summed E-state index contributed by atoms with van der Waals surface area (Å²) in [5.41, 5.74) is 0. The summed E-state index contributed by atoms with van der Waals surface area (Å²) in [6.07, 6.45) is 10.1. The lowest BCUT2D eigenvalue weighted by molar-refractivity contribution is 0.443. The summed E-state index contributed by atoms with van der Waals surface area (Å²) in [7, 11) is 0. The second kappa shape index (κ2) is 5.17. The van der Waals surface area contributed by atoms with Crippen LogP contribution in [-0.2, 0) is 13.1 Å². The molecule has 0 aliphatic heterocycles. The summed E-state index contributed by atoms with van der Waals surface area (Å²) in [5, 5.41) is 15.7. The van der Waals surface area contributed by atoms with Gasteiger partial charge < -0.3 is 5.32 Å². The molecular formula is C12H21N5S. The maximum absolute atomic E-state index is 4.17. The van der Waals surface area contributed by atoms with Gasteiger partial charge in [-0.05, 0) is 42.4 Å². The molecule has 1 aromatic heterocycles. The molecule has 2 saturated carbocycles. The SMILES string of the molecule is CSC1(Cn2nnnc2CNC2CC2)CCCC1. The third-order valence-electron chi connectivity index (χ3n) is 4.12. The van der Waals surface area contributed by atoms with Gasteiger partial charge in [0, 0.05) is 10.8 Å². The van der Waals surface area contributed by atoms with Crippen molar-refractivity contribution in [2.24, 2.45) is 0 Å². The molecule has 0 saturated heterocycles. The van der Waals surface area contributed by atoms with Crippen molar-refractivity contribution in [2.45, 2.75) is 62.4 Å². The van der Waals surface area contributed by atoms with Crippen LogP contribution in [0.15, 0.2) is 0 Å². The van der Waals surface area contributed by atoms with Crippen LogP contribution in [0.1, 0.15) is 44.3 Å². The fourth-order valence-corrected chi connectivity index (χ4v) is 3.66. The summed E-state index contributed by atoms with van der Waals surface area (Å²) in [5.74, 6) is 0.988. The molecule has 2 fully saturated rings. The highest BCUT2D eigenvalue weighted by Crippen LogP contribution is 2.41. The van der Waals surface area contributed by atoms with Gasteiger partial charge in [-0.2, -0.15) is 11.8 Å². The van der Waals surface area contributed by atoms with Gasteiger partial charge in [-0.3, -0.25) is 0 Å². The lowest BCUT2D eigenvalue weighted by Gasteiger charge is -2.26. The molecule has 0 bridgehead atoms. The Kier molecular flexibility index (Phi) is 3.56. The number of nitrogens with one attached hydrogen (secondary N) is 1. The molecule has 0 unspecified atom stereocenters. The fraction of sp³-hybridized carbons (Fsp3) is 0.917. The summed E-state index contributed by atoms with van der Waals surface area (Å²) < 4.78 is 2.38. The van der Waals surface area contributed by atoms with Crippen LogP contribution in [-0.4, -0.2) is 37.3 Å². The summed E-state index contributed by atoms with van der Waals surface area (Å²) in [6.45, 7) is 1.77. The van der Waals surface area contributed by atoms with Crippen molar-refractivity contribution in [3.8, 4) is 0 Å². The van der Waals surface area contributed by atoms with Gasteiger partial charge in [0.05, 0.1) is 13.1 Å². The van der Waals surface area contributed by atoms with Gasteiger partial charge in [0.15, 0.2) is 5.82 Å². The highest BCUT2D eigenvalue weighted by molar-refractivity contribution is 8.00. The van der Waals surface area contributed by atoms with Crippen molar-refractivity contribution in [3.05, 3.63) is 5.82 Å². The summed E-state index contributed by atoms with van der Waals surface area (Å²) in [4.78, 5) is 0. The quantitative estimate of drug-likeness (QED) is 0.848. The van der Waals surface area contributed by atoms with Crippen molar-refractivity contribution in [1.29, 1.82) is 0 Å². The molecule has 18 heavy (non-hydrogen) atoms. The zero-order valence-electron chi connectivity index (χ0n) is 10.9. The molecule has 100 valence electrons. The maximum atomic E-state index is 4.17. The number of rotatable bonds is 6. The normalized spacial score (nSPS) is 22.5. The molecule has 1 heterocycles. The Bertz CT molecular complexity index is 395. The number of hydrogen-bond acceptors (Lipinski definition) is 5. The number of nitrogens with zero attached hydrogens (tertiary/aromatic N) is 4. The van der Waals surface area contributed by atoms with Crippen LogP contribution in [0, 0.1) is 0 Å². The molecule has 0 atom stereocenters. The van der Waals surface area contributed by atoms with Gasteiger partial charge in [-0.1, -0.05) is 12.8 Å². The average molecular weight is 267 g/mol. The zero-order valence-corrected chi connectivity index (χ0v) is 11.7. The van der Waals surface area contributed by atoms with Crippen LogP contribution in [0.4, 0.5) is 0 Å². The largest absolute Gasteiger partial charge is 0.307 e. The Balaban J connectivity index is 1.65. The van der Waals surface area contributed by atoms with Gasteiger partial charge >= 0.3 is 0 Å². The Morgan fingerprint density at radius 1 is 1.39 bits per heavy atom. The van der Waals surface area contributed by atoms with E-state index in [0.717, 1.165) is 18.9 Å². The number of tetrazole rings is 1. The lowest BCUT2D eigenvalue weighted by atomic mass is 10.1. The highest BCUT2D eigenvalue weighted by atomic mass is 32.2. The third kappa shape index (κ3) is 2.69. The lowest BCUT2D eigenvalue weighted by Crippen LogP contribution is -2.30. The van der Waals surface area contributed by atoms with Crippen LogP contribution in [0.25, 0.3) is 0 Å². The molecule has 2 aliphatic carbocycles. The maximum Gasteiger partial charge on any atom is 0.165 e. The first-order valence-electron chi connectivity index (χ1n) is 6.85. The van der Waals surface area contributed by atoms with Crippen molar-refractivity contribution in [2.75, 3.05) is 6.26 Å². The number of thioether (sulfide) groups is 1. The minimum Gasteiger partial charge on any atom is -0.307 e. The van der Waals surface area contributed by atoms with E-state index in [2.05, 4.69) is 27.1 Å². The first-order chi connectivity index (χ1) is 8.81. The molecule has 6 heteroatoms. The van der Waals surface area contributed by atoms with Crippen LogP contribution in [0.5, 0.6) is 0 Å². The van der Waals surface area contributed by atoms with E-state index < -0.39 is 0 Å². The zero-order chi connectivity index (χ0) is 12.4. The average Bonchev–Trinajstić information content (AvgIpc) is 2.93. The van der Waals surface area contributed by atoms with Crippen LogP contribution in [0.3, 0.4) is 0 Å². The Labute approximate surface area is 112 Å². The molecule has 0 spiro atoms. The first-order valence-corrected chi connectivity index (χ1v) is 8.07. The smallest absolute Gasteiger partial charge is 0.165 e. The molecule has 1 aromatic rings. The Morgan fingerprint density at radius 3 is 2.83 bits per heavy atom. The monoisotopic (exact) mass is 267 g/mol. The van der Waals surface area contributed by atoms with Gasteiger partial charge in [0.25, 0.3) is 0 Å². The van der Waals surface area contributed by atoms with Gasteiger partial charge in [-0.25, -0.2) is 4.68 Å².